The highest BCUT2D eigenvalue weighted by Crippen LogP contribution is 2.63. The Labute approximate surface area is 94.2 Å². The molecule has 0 aliphatic heterocycles. The largest absolute Gasteiger partial charge is 0.293 e. The summed E-state index contributed by atoms with van der Waals surface area (Å²) in [4.78, 5) is 15.6. The lowest BCUT2D eigenvalue weighted by atomic mass is 9.70. The van der Waals surface area contributed by atoms with Crippen molar-refractivity contribution in [1.29, 1.82) is 0 Å². The molecule has 5 heteroatoms. The van der Waals surface area contributed by atoms with Crippen molar-refractivity contribution in [3.63, 3.8) is 0 Å². The summed E-state index contributed by atoms with van der Waals surface area (Å²) in [5.74, 6) is 1.05. The van der Waals surface area contributed by atoms with Crippen LogP contribution < -0.4 is 5.32 Å². The second kappa shape index (κ2) is 3.30. The standard InChI is InChI=1S/C11H16N4O/c1-15-7-12-10(14-15)13-9(16)4-8-5-11(6-8)2-3-11/h7-8H,2-6H2,1H3,(H,13,14,16). The molecule has 0 aromatic carbocycles. The predicted octanol–water partition coefficient (Wildman–Crippen LogP) is 1.33. The zero-order valence-electron chi connectivity index (χ0n) is 9.44. The highest BCUT2D eigenvalue weighted by molar-refractivity contribution is 5.89. The van der Waals surface area contributed by atoms with Crippen molar-refractivity contribution in [2.75, 3.05) is 5.32 Å². The number of nitrogens with zero attached hydrogens (tertiary/aromatic N) is 3. The molecule has 0 bridgehead atoms. The molecule has 1 amide bonds. The van der Waals surface area contributed by atoms with Crippen molar-refractivity contribution in [2.45, 2.75) is 32.1 Å². The number of anilines is 1. The Balaban J connectivity index is 1.47. The van der Waals surface area contributed by atoms with E-state index in [1.54, 1.807) is 18.1 Å². The smallest absolute Gasteiger partial charge is 0.248 e. The van der Waals surface area contributed by atoms with Crippen LogP contribution in [-0.2, 0) is 11.8 Å². The molecular weight excluding hydrogens is 204 g/mol. The monoisotopic (exact) mass is 220 g/mol. The number of hydrogen-bond acceptors (Lipinski definition) is 3. The highest BCUT2D eigenvalue weighted by Gasteiger charge is 2.52. The third-order valence-corrected chi connectivity index (χ3v) is 3.73. The number of nitrogens with one attached hydrogen (secondary N) is 1. The quantitative estimate of drug-likeness (QED) is 0.836. The Bertz CT molecular complexity index is 413. The van der Waals surface area contributed by atoms with Crippen LogP contribution in [-0.4, -0.2) is 20.7 Å². The van der Waals surface area contributed by atoms with E-state index in [0.717, 1.165) is 0 Å². The molecule has 0 radical (unpaired) electrons. The molecule has 0 saturated heterocycles. The van der Waals surface area contributed by atoms with Gasteiger partial charge in [-0.3, -0.25) is 14.8 Å². The third-order valence-electron chi connectivity index (χ3n) is 3.73. The van der Waals surface area contributed by atoms with Gasteiger partial charge in [-0.15, -0.1) is 5.10 Å². The summed E-state index contributed by atoms with van der Waals surface area (Å²) in [5, 5.41) is 6.74. The lowest BCUT2D eigenvalue weighted by Gasteiger charge is -2.35. The van der Waals surface area contributed by atoms with Crippen LogP contribution in [0.25, 0.3) is 0 Å². The van der Waals surface area contributed by atoms with Gasteiger partial charge in [0.2, 0.25) is 11.9 Å². The Kier molecular flexibility index (Phi) is 2.02. The number of aromatic nitrogens is 3. The van der Waals surface area contributed by atoms with E-state index in [2.05, 4.69) is 15.4 Å². The molecule has 2 aliphatic carbocycles. The maximum Gasteiger partial charge on any atom is 0.248 e. The fourth-order valence-corrected chi connectivity index (χ4v) is 2.73. The van der Waals surface area contributed by atoms with E-state index in [9.17, 15) is 4.79 Å². The van der Waals surface area contributed by atoms with Crippen LogP contribution in [0, 0.1) is 11.3 Å². The first-order valence-corrected chi connectivity index (χ1v) is 5.81. The van der Waals surface area contributed by atoms with Gasteiger partial charge in [0.15, 0.2) is 0 Å². The Morgan fingerprint density at radius 2 is 2.38 bits per heavy atom. The number of amides is 1. The lowest BCUT2D eigenvalue weighted by Crippen LogP contribution is -2.29. The van der Waals surface area contributed by atoms with Crippen LogP contribution in [0.2, 0.25) is 0 Å². The highest BCUT2D eigenvalue weighted by atomic mass is 16.1. The van der Waals surface area contributed by atoms with Gasteiger partial charge < -0.3 is 0 Å². The molecule has 5 nitrogen and oxygen atoms in total. The average Bonchev–Trinajstić information content (AvgIpc) is 2.85. The summed E-state index contributed by atoms with van der Waals surface area (Å²) in [6, 6.07) is 0. The van der Waals surface area contributed by atoms with Gasteiger partial charge in [0.05, 0.1) is 0 Å². The van der Waals surface area contributed by atoms with E-state index < -0.39 is 0 Å². The minimum Gasteiger partial charge on any atom is -0.293 e. The summed E-state index contributed by atoms with van der Waals surface area (Å²) in [7, 11) is 1.78. The van der Waals surface area contributed by atoms with Crippen LogP contribution in [0.1, 0.15) is 32.1 Å². The van der Waals surface area contributed by atoms with Gasteiger partial charge in [-0.25, -0.2) is 4.98 Å². The number of rotatable bonds is 3. The fraction of sp³-hybridized carbons (Fsp3) is 0.727. The maximum absolute atomic E-state index is 11.7. The van der Waals surface area contributed by atoms with Crippen LogP contribution in [0.3, 0.4) is 0 Å². The molecule has 0 unspecified atom stereocenters. The second-order valence-corrected chi connectivity index (χ2v) is 5.27. The Hall–Kier alpha value is -1.39. The van der Waals surface area contributed by atoms with Crippen molar-refractivity contribution >= 4 is 11.9 Å². The molecule has 1 heterocycles. The van der Waals surface area contributed by atoms with Gasteiger partial charge in [-0.2, -0.15) is 0 Å². The van der Waals surface area contributed by atoms with E-state index in [-0.39, 0.29) is 5.91 Å². The Morgan fingerprint density at radius 3 is 2.94 bits per heavy atom. The van der Waals surface area contributed by atoms with Crippen LogP contribution in [0.5, 0.6) is 0 Å². The first-order valence-electron chi connectivity index (χ1n) is 5.81. The maximum atomic E-state index is 11.7. The van der Waals surface area contributed by atoms with E-state index in [1.807, 2.05) is 0 Å². The summed E-state index contributed by atoms with van der Waals surface area (Å²) in [6.45, 7) is 0. The van der Waals surface area contributed by atoms with Gasteiger partial charge >= 0.3 is 0 Å². The third kappa shape index (κ3) is 1.81. The molecule has 1 aromatic rings. The van der Waals surface area contributed by atoms with E-state index in [0.29, 0.717) is 23.7 Å². The first kappa shape index (κ1) is 9.81. The summed E-state index contributed by atoms with van der Waals surface area (Å²) >= 11 is 0. The summed E-state index contributed by atoms with van der Waals surface area (Å²) in [6.07, 6.45) is 7.46. The van der Waals surface area contributed by atoms with Crippen LogP contribution >= 0.6 is 0 Å². The van der Waals surface area contributed by atoms with Gasteiger partial charge in [-0.05, 0) is 37.0 Å². The first-order chi connectivity index (χ1) is 7.65. The Morgan fingerprint density at radius 1 is 1.62 bits per heavy atom. The SMILES string of the molecule is Cn1cnc(NC(=O)CC2CC3(CC3)C2)n1. The zero-order chi connectivity index (χ0) is 11.2. The van der Waals surface area contributed by atoms with Gasteiger partial charge in [-0.1, -0.05) is 0 Å². The van der Waals surface area contributed by atoms with Gasteiger partial charge in [0, 0.05) is 13.5 Å². The molecule has 2 fully saturated rings. The van der Waals surface area contributed by atoms with E-state index in [1.165, 1.54) is 25.7 Å². The second-order valence-electron chi connectivity index (χ2n) is 5.27. The molecule has 1 spiro atoms. The lowest BCUT2D eigenvalue weighted by molar-refractivity contribution is -0.118. The van der Waals surface area contributed by atoms with E-state index >= 15 is 0 Å². The molecule has 2 saturated carbocycles. The van der Waals surface area contributed by atoms with Crippen molar-refractivity contribution in [3.05, 3.63) is 6.33 Å². The number of carbonyl (C=O) groups excluding carboxylic acids is 1. The molecule has 86 valence electrons. The van der Waals surface area contributed by atoms with Gasteiger partial charge in [0.25, 0.3) is 0 Å². The fourth-order valence-electron chi connectivity index (χ4n) is 2.73. The molecule has 3 rings (SSSR count). The molecule has 2 aliphatic rings. The molecule has 16 heavy (non-hydrogen) atoms. The van der Waals surface area contributed by atoms with Crippen molar-refractivity contribution in [2.24, 2.45) is 18.4 Å². The molecule has 0 atom stereocenters. The molecule has 1 aromatic heterocycles. The number of carbonyl (C=O) groups is 1. The number of hydrogen-bond donors (Lipinski definition) is 1. The van der Waals surface area contributed by atoms with Crippen molar-refractivity contribution < 1.29 is 4.79 Å². The summed E-state index contributed by atoms with van der Waals surface area (Å²) in [5.41, 5.74) is 0.675. The minimum atomic E-state index is 0.0479. The minimum absolute atomic E-state index is 0.0479. The normalized spacial score (nSPS) is 21.8. The van der Waals surface area contributed by atoms with Crippen LogP contribution in [0.4, 0.5) is 5.95 Å². The van der Waals surface area contributed by atoms with Crippen molar-refractivity contribution in [1.82, 2.24) is 14.8 Å². The van der Waals surface area contributed by atoms with Crippen LogP contribution in [0.15, 0.2) is 6.33 Å². The average molecular weight is 220 g/mol. The topological polar surface area (TPSA) is 59.8 Å². The number of aryl methyl sites for hydroxylation is 1. The van der Waals surface area contributed by atoms with Gasteiger partial charge in [0.1, 0.15) is 6.33 Å². The zero-order valence-corrected chi connectivity index (χ0v) is 9.44. The summed E-state index contributed by atoms with van der Waals surface area (Å²) < 4.78 is 1.58. The predicted molar refractivity (Wildman–Crippen MR) is 58.6 cm³/mol. The molecule has 1 N–H and O–H groups in total. The van der Waals surface area contributed by atoms with Crippen molar-refractivity contribution in [3.8, 4) is 0 Å². The molecular formula is C11H16N4O. The van der Waals surface area contributed by atoms with E-state index in [4.69, 9.17) is 0 Å².